The maximum atomic E-state index is 11.5. The van der Waals surface area contributed by atoms with E-state index in [1.54, 1.807) is 6.07 Å². The smallest absolute Gasteiger partial charge is 0.352 e. The number of rotatable bonds is 2. The Labute approximate surface area is 94.7 Å². The van der Waals surface area contributed by atoms with E-state index in [1.807, 2.05) is 0 Å². The highest BCUT2D eigenvalue weighted by Crippen LogP contribution is 2.41. The Morgan fingerprint density at radius 1 is 1.60 bits per heavy atom. The fraction of sp³-hybridized carbons (Fsp3) is 0.400. The van der Waals surface area contributed by atoms with Gasteiger partial charge >= 0.3 is 5.97 Å². The first kappa shape index (κ1) is 10.4. The number of carboxylic acid groups (broad SMARTS) is 1. The van der Waals surface area contributed by atoms with Crippen LogP contribution in [0.5, 0.6) is 0 Å². The molecule has 0 radical (unpaired) electrons. The number of carbonyl (C=O) groups is 1. The molecule has 1 aromatic rings. The summed E-state index contributed by atoms with van der Waals surface area (Å²) in [5, 5.41) is 9.06. The third kappa shape index (κ3) is 1.71. The molecule has 0 amide bonds. The summed E-state index contributed by atoms with van der Waals surface area (Å²) in [5.74, 6) is -0.733. The van der Waals surface area contributed by atoms with Gasteiger partial charge in [-0.3, -0.25) is 4.79 Å². The second kappa shape index (κ2) is 3.48. The highest BCUT2D eigenvalue weighted by Gasteiger charge is 2.30. The van der Waals surface area contributed by atoms with Crippen LogP contribution in [0.4, 0.5) is 0 Å². The van der Waals surface area contributed by atoms with Crippen LogP contribution >= 0.6 is 15.9 Å². The van der Waals surface area contributed by atoms with Crippen LogP contribution in [0.2, 0.25) is 0 Å². The summed E-state index contributed by atoms with van der Waals surface area (Å²) in [4.78, 5) is 22.6. The molecule has 1 fully saturated rings. The van der Waals surface area contributed by atoms with Crippen LogP contribution < -0.4 is 5.56 Å². The largest absolute Gasteiger partial charge is 0.477 e. The van der Waals surface area contributed by atoms with Crippen molar-refractivity contribution < 1.29 is 9.90 Å². The maximum Gasteiger partial charge on any atom is 0.352 e. The zero-order valence-electron chi connectivity index (χ0n) is 8.16. The molecule has 0 saturated heterocycles. The fourth-order valence-electron chi connectivity index (χ4n) is 1.69. The molecule has 1 aromatic heterocycles. The van der Waals surface area contributed by atoms with Crippen LogP contribution in [0.1, 0.15) is 34.8 Å². The van der Waals surface area contributed by atoms with E-state index in [2.05, 4.69) is 15.9 Å². The number of aromatic nitrogens is 1. The molecule has 0 atom stereocenters. The number of aromatic carboxylic acids is 1. The molecule has 1 aliphatic carbocycles. The molecule has 1 aliphatic rings. The number of halogens is 1. The van der Waals surface area contributed by atoms with E-state index in [0.29, 0.717) is 10.4 Å². The van der Waals surface area contributed by atoms with Crippen molar-refractivity contribution in [1.29, 1.82) is 0 Å². The Balaban J connectivity index is 2.72. The number of nitrogens with zero attached hydrogens (tertiary/aromatic N) is 1. The van der Waals surface area contributed by atoms with Crippen molar-refractivity contribution in [3.05, 3.63) is 32.2 Å². The Bertz CT molecular complexity index is 488. The first-order chi connectivity index (χ1) is 7.02. The van der Waals surface area contributed by atoms with Gasteiger partial charge in [0.2, 0.25) is 0 Å². The molecule has 1 heterocycles. The lowest BCUT2D eigenvalue weighted by Gasteiger charge is -2.10. The van der Waals surface area contributed by atoms with Gasteiger partial charge < -0.3 is 9.67 Å². The molecule has 0 unspecified atom stereocenters. The number of pyridine rings is 1. The minimum absolute atomic E-state index is 0.116. The van der Waals surface area contributed by atoms with Gasteiger partial charge in [-0.05, 0) is 46.3 Å². The van der Waals surface area contributed by atoms with Gasteiger partial charge in [0, 0.05) is 7.05 Å². The molecular weight excluding hydrogens is 262 g/mol. The van der Waals surface area contributed by atoms with Gasteiger partial charge in [0.15, 0.2) is 0 Å². The van der Waals surface area contributed by atoms with Crippen molar-refractivity contribution in [3.63, 3.8) is 0 Å². The maximum absolute atomic E-state index is 11.5. The van der Waals surface area contributed by atoms with Gasteiger partial charge in [-0.2, -0.15) is 0 Å². The molecule has 0 aliphatic heterocycles. The topological polar surface area (TPSA) is 59.3 Å². The van der Waals surface area contributed by atoms with Gasteiger partial charge in [-0.15, -0.1) is 0 Å². The van der Waals surface area contributed by atoms with Crippen LogP contribution in [0, 0.1) is 0 Å². The Morgan fingerprint density at radius 2 is 2.20 bits per heavy atom. The van der Waals surface area contributed by atoms with E-state index in [1.165, 1.54) is 11.6 Å². The average molecular weight is 272 g/mol. The molecule has 0 spiro atoms. The Morgan fingerprint density at radius 3 is 2.67 bits per heavy atom. The predicted octanol–water partition coefficient (Wildman–Crippen LogP) is 1.72. The molecule has 15 heavy (non-hydrogen) atoms. The number of hydrogen-bond acceptors (Lipinski definition) is 2. The van der Waals surface area contributed by atoms with Crippen LogP contribution in [-0.2, 0) is 7.05 Å². The lowest BCUT2D eigenvalue weighted by molar-refractivity contribution is 0.0683. The van der Waals surface area contributed by atoms with Crippen molar-refractivity contribution in [2.45, 2.75) is 18.8 Å². The standard InChI is InChI=1S/C10H10BrNO3/c1-12-8(10(14)15)6(5-2-3-5)4-7(11)9(12)13/h4-5H,2-3H2,1H3,(H,14,15). The number of hydrogen-bond donors (Lipinski definition) is 1. The zero-order valence-corrected chi connectivity index (χ0v) is 9.74. The Hall–Kier alpha value is -1.10. The summed E-state index contributed by atoms with van der Waals surface area (Å²) < 4.78 is 1.62. The summed E-state index contributed by atoms with van der Waals surface area (Å²) in [5.41, 5.74) is 0.568. The average Bonchev–Trinajstić information content (AvgIpc) is 2.95. The summed E-state index contributed by atoms with van der Waals surface area (Å²) >= 11 is 3.15. The quantitative estimate of drug-likeness (QED) is 0.891. The SMILES string of the molecule is Cn1c(C(=O)O)c(C2CC2)cc(Br)c1=O. The van der Waals surface area contributed by atoms with Crippen LogP contribution in [0.3, 0.4) is 0 Å². The lowest BCUT2D eigenvalue weighted by Crippen LogP contribution is -2.25. The minimum atomic E-state index is -1.04. The zero-order chi connectivity index (χ0) is 11.2. The molecule has 4 nitrogen and oxygen atoms in total. The van der Waals surface area contributed by atoms with Crippen molar-refractivity contribution in [2.24, 2.45) is 7.05 Å². The van der Waals surface area contributed by atoms with Gasteiger partial charge in [-0.25, -0.2) is 4.79 Å². The van der Waals surface area contributed by atoms with E-state index in [-0.39, 0.29) is 11.3 Å². The van der Waals surface area contributed by atoms with Crippen molar-refractivity contribution in [3.8, 4) is 0 Å². The number of carboxylic acids is 1. The van der Waals surface area contributed by atoms with Crippen LogP contribution in [0.15, 0.2) is 15.3 Å². The van der Waals surface area contributed by atoms with E-state index in [0.717, 1.165) is 18.4 Å². The lowest BCUT2D eigenvalue weighted by atomic mass is 10.1. The summed E-state index contributed by atoms with van der Waals surface area (Å²) in [6, 6.07) is 1.64. The molecule has 1 N–H and O–H groups in total. The van der Waals surface area contributed by atoms with Crippen LogP contribution in [-0.4, -0.2) is 15.6 Å². The van der Waals surface area contributed by atoms with E-state index < -0.39 is 5.97 Å². The second-order valence-electron chi connectivity index (χ2n) is 3.74. The summed E-state index contributed by atoms with van der Waals surface area (Å²) in [6.07, 6.45) is 2.01. The third-order valence-electron chi connectivity index (χ3n) is 2.62. The molecule has 80 valence electrons. The fourth-order valence-corrected chi connectivity index (χ4v) is 2.21. The summed E-state index contributed by atoms with van der Waals surface area (Å²) in [7, 11) is 1.49. The molecule has 0 bridgehead atoms. The van der Waals surface area contributed by atoms with Crippen LogP contribution in [0.25, 0.3) is 0 Å². The van der Waals surface area contributed by atoms with Crippen molar-refractivity contribution in [2.75, 3.05) is 0 Å². The van der Waals surface area contributed by atoms with Gasteiger partial charge in [0.1, 0.15) is 5.69 Å². The molecule has 1 saturated carbocycles. The van der Waals surface area contributed by atoms with Gasteiger partial charge in [0.05, 0.1) is 4.47 Å². The van der Waals surface area contributed by atoms with Gasteiger partial charge in [0.25, 0.3) is 5.56 Å². The van der Waals surface area contributed by atoms with Crippen molar-refractivity contribution >= 4 is 21.9 Å². The summed E-state index contributed by atoms with van der Waals surface area (Å²) in [6.45, 7) is 0. The monoisotopic (exact) mass is 271 g/mol. The third-order valence-corrected chi connectivity index (χ3v) is 3.19. The van der Waals surface area contributed by atoms with Gasteiger partial charge in [-0.1, -0.05) is 0 Å². The molecule has 5 heteroatoms. The molecule has 0 aromatic carbocycles. The van der Waals surface area contributed by atoms with E-state index >= 15 is 0 Å². The normalized spacial score (nSPS) is 15.3. The first-order valence-corrected chi connectivity index (χ1v) is 5.44. The molecular formula is C10H10BrNO3. The highest BCUT2D eigenvalue weighted by atomic mass is 79.9. The Kier molecular flexibility index (Phi) is 2.42. The highest BCUT2D eigenvalue weighted by molar-refractivity contribution is 9.10. The minimum Gasteiger partial charge on any atom is -0.477 e. The van der Waals surface area contributed by atoms with Crippen molar-refractivity contribution in [1.82, 2.24) is 4.57 Å². The predicted molar refractivity (Wildman–Crippen MR) is 58.3 cm³/mol. The van der Waals surface area contributed by atoms with E-state index in [4.69, 9.17) is 5.11 Å². The molecule has 2 rings (SSSR count). The van der Waals surface area contributed by atoms with E-state index in [9.17, 15) is 9.59 Å². The second-order valence-corrected chi connectivity index (χ2v) is 4.59. The first-order valence-electron chi connectivity index (χ1n) is 4.65.